The van der Waals surface area contributed by atoms with Gasteiger partial charge in [-0.1, -0.05) is 36.4 Å². The fraction of sp³-hybridized carbons (Fsp3) is 0.263. The second-order valence-electron chi connectivity index (χ2n) is 6.02. The Morgan fingerprint density at radius 1 is 1.25 bits per heavy atom. The summed E-state index contributed by atoms with van der Waals surface area (Å²) in [6.07, 6.45) is -0.0647. The molecule has 0 radical (unpaired) electrons. The van der Waals surface area contributed by atoms with E-state index in [-0.39, 0.29) is 12.1 Å². The van der Waals surface area contributed by atoms with Crippen molar-refractivity contribution in [2.45, 2.75) is 31.5 Å². The maximum absolute atomic E-state index is 12.3. The molecule has 24 heavy (non-hydrogen) atoms. The van der Waals surface area contributed by atoms with Gasteiger partial charge in [0.1, 0.15) is 0 Å². The lowest BCUT2D eigenvalue weighted by Crippen LogP contribution is -2.41. The minimum atomic E-state index is -0.613. The Morgan fingerprint density at radius 3 is 2.67 bits per heavy atom. The summed E-state index contributed by atoms with van der Waals surface area (Å²) in [4.78, 5) is 12.3. The van der Waals surface area contributed by atoms with Crippen molar-refractivity contribution in [1.29, 1.82) is 5.26 Å². The Bertz CT molecular complexity index is 780. The van der Waals surface area contributed by atoms with E-state index in [0.717, 1.165) is 16.7 Å². The molecule has 1 unspecified atom stereocenters. The smallest absolute Gasteiger partial charge is 0.315 e. The summed E-state index contributed by atoms with van der Waals surface area (Å²) in [6, 6.07) is 16.0. The number of amides is 2. The van der Waals surface area contributed by atoms with Gasteiger partial charge in [-0.05, 0) is 35.7 Å². The molecule has 0 saturated heterocycles. The number of carbonyl (C=O) groups is 1. The van der Waals surface area contributed by atoms with E-state index in [2.05, 4.69) is 16.7 Å². The summed E-state index contributed by atoms with van der Waals surface area (Å²) < 4.78 is 0. The van der Waals surface area contributed by atoms with E-state index in [1.54, 1.807) is 12.1 Å². The summed E-state index contributed by atoms with van der Waals surface area (Å²) in [5, 5.41) is 24.7. The summed E-state index contributed by atoms with van der Waals surface area (Å²) in [7, 11) is 0. The monoisotopic (exact) mass is 321 g/mol. The molecule has 5 nitrogen and oxygen atoms in total. The van der Waals surface area contributed by atoms with Crippen LogP contribution >= 0.6 is 0 Å². The van der Waals surface area contributed by atoms with Crippen molar-refractivity contribution in [3.05, 3.63) is 70.8 Å². The second kappa shape index (κ2) is 6.73. The van der Waals surface area contributed by atoms with Crippen molar-refractivity contribution in [2.24, 2.45) is 0 Å². The molecule has 0 bridgehead atoms. The van der Waals surface area contributed by atoms with E-state index in [9.17, 15) is 9.90 Å². The number of hydrogen-bond acceptors (Lipinski definition) is 3. The molecular formula is C19H19N3O2. The predicted molar refractivity (Wildman–Crippen MR) is 90.1 cm³/mol. The first-order chi connectivity index (χ1) is 11.6. The number of nitrogens with one attached hydrogen (secondary N) is 2. The van der Waals surface area contributed by atoms with Crippen molar-refractivity contribution in [3.8, 4) is 6.07 Å². The van der Waals surface area contributed by atoms with Crippen molar-refractivity contribution in [2.75, 3.05) is 0 Å². The van der Waals surface area contributed by atoms with Crippen LogP contribution in [-0.2, 0) is 6.42 Å². The molecule has 3 rings (SSSR count). The molecule has 3 atom stereocenters. The third-order valence-electron chi connectivity index (χ3n) is 4.38. The lowest BCUT2D eigenvalue weighted by molar-refractivity contribution is 0.142. The Labute approximate surface area is 140 Å². The Balaban J connectivity index is 1.64. The van der Waals surface area contributed by atoms with Crippen molar-refractivity contribution >= 4 is 6.03 Å². The highest BCUT2D eigenvalue weighted by atomic mass is 16.3. The van der Waals surface area contributed by atoms with Gasteiger partial charge in [0.15, 0.2) is 0 Å². The molecule has 0 aliphatic heterocycles. The first-order valence-electron chi connectivity index (χ1n) is 7.91. The van der Waals surface area contributed by atoms with Gasteiger partial charge in [0, 0.05) is 6.42 Å². The highest BCUT2D eigenvalue weighted by Gasteiger charge is 2.32. The molecule has 0 spiro atoms. The average molecular weight is 321 g/mol. The molecule has 1 aliphatic rings. The zero-order valence-corrected chi connectivity index (χ0v) is 13.4. The van der Waals surface area contributed by atoms with Crippen LogP contribution in [0.4, 0.5) is 4.79 Å². The van der Waals surface area contributed by atoms with Crippen LogP contribution in [-0.4, -0.2) is 17.2 Å². The van der Waals surface area contributed by atoms with E-state index >= 15 is 0 Å². The van der Waals surface area contributed by atoms with Gasteiger partial charge in [-0.25, -0.2) is 4.79 Å². The third-order valence-corrected chi connectivity index (χ3v) is 4.38. The zero-order valence-electron chi connectivity index (χ0n) is 13.4. The highest BCUT2D eigenvalue weighted by Crippen LogP contribution is 2.31. The SMILES string of the molecule is CC(NC(=O)N[C@@H]1c2ccccc2C[C@@H]1O)c1ccc(C#N)cc1. The summed E-state index contributed by atoms with van der Waals surface area (Å²) in [6.45, 7) is 1.87. The molecule has 2 aromatic carbocycles. The van der Waals surface area contributed by atoms with Gasteiger partial charge in [0.2, 0.25) is 0 Å². The summed E-state index contributed by atoms with van der Waals surface area (Å²) in [5.74, 6) is 0. The third kappa shape index (κ3) is 3.24. The van der Waals surface area contributed by atoms with Gasteiger partial charge in [0.25, 0.3) is 0 Å². The van der Waals surface area contributed by atoms with Crippen LogP contribution in [0.2, 0.25) is 0 Å². The van der Waals surface area contributed by atoms with Gasteiger partial charge in [-0.3, -0.25) is 0 Å². The second-order valence-corrected chi connectivity index (χ2v) is 6.02. The fourth-order valence-corrected chi connectivity index (χ4v) is 3.06. The molecule has 122 valence electrons. The Hall–Kier alpha value is -2.84. The van der Waals surface area contributed by atoms with Gasteiger partial charge in [-0.2, -0.15) is 5.26 Å². The Morgan fingerprint density at radius 2 is 1.96 bits per heavy atom. The standard InChI is InChI=1S/C19H19N3O2/c1-12(14-8-6-13(11-20)7-9-14)21-19(24)22-18-16-5-3-2-4-15(16)10-17(18)23/h2-9,12,17-18,23H,10H2,1H3,(H2,21,22,24)/t12?,17-,18+/m0/s1. The quantitative estimate of drug-likeness (QED) is 0.812. The van der Waals surface area contributed by atoms with E-state index in [4.69, 9.17) is 5.26 Å². The van der Waals surface area contributed by atoms with Crippen molar-refractivity contribution in [1.82, 2.24) is 10.6 Å². The maximum atomic E-state index is 12.3. The van der Waals surface area contributed by atoms with E-state index in [1.165, 1.54) is 0 Å². The molecule has 3 N–H and O–H groups in total. The fourth-order valence-electron chi connectivity index (χ4n) is 3.06. The number of carbonyl (C=O) groups excluding carboxylic acids is 1. The molecule has 0 heterocycles. The van der Waals surface area contributed by atoms with Gasteiger partial charge >= 0.3 is 6.03 Å². The molecular weight excluding hydrogens is 302 g/mol. The molecule has 0 fully saturated rings. The topological polar surface area (TPSA) is 85.2 Å². The van der Waals surface area contributed by atoms with Crippen LogP contribution in [0.5, 0.6) is 0 Å². The Kier molecular flexibility index (Phi) is 4.50. The first kappa shape index (κ1) is 16.0. The minimum Gasteiger partial charge on any atom is -0.390 e. The normalized spacial score (nSPS) is 19.9. The zero-order chi connectivity index (χ0) is 17.1. The maximum Gasteiger partial charge on any atom is 0.315 e. The number of benzene rings is 2. The van der Waals surface area contributed by atoms with E-state index < -0.39 is 12.1 Å². The van der Waals surface area contributed by atoms with Crippen LogP contribution in [0.1, 0.15) is 41.3 Å². The number of fused-ring (bicyclic) bond motifs is 1. The van der Waals surface area contributed by atoms with Crippen LogP contribution in [0.25, 0.3) is 0 Å². The van der Waals surface area contributed by atoms with Crippen LogP contribution in [0.3, 0.4) is 0 Å². The molecule has 2 aromatic rings. The molecule has 5 heteroatoms. The molecule has 0 aromatic heterocycles. The van der Waals surface area contributed by atoms with Gasteiger partial charge in [-0.15, -0.1) is 0 Å². The van der Waals surface area contributed by atoms with Crippen LogP contribution in [0, 0.1) is 11.3 Å². The summed E-state index contributed by atoms with van der Waals surface area (Å²) in [5.41, 5.74) is 3.53. The summed E-state index contributed by atoms with van der Waals surface area (Å²) >= 11 is 0. The minimum absolute atomic E-state index is 0.202. The lowest BCUT2D eigenvalue weighted by atomic mass is 10.1. The van der Waals surface area contributed by atoms with E-state index in [0.29, 0.717) is 12.0 Å². The predicted octanol–water partition coefficient (Wildman–Crippen LogP) is 2.58. The van der Waals surface area contributed by atoms with Gasteiger partial charge in [0.05, 0.1) is 29.8 Å². The van der Waals surface area contributed by atoms with Crippen molar-refractivity contribution < 1.29 is 9.90 Å². The number of nitrogens with zero attached hydrogens (tertiary/aromatic N) is 1. The number of rotatable bonds is 3. The molecule has 1 aliphatic carbocycles. The van der Waals surface area contributed by atoms with Crippen LogP contribution < -0.4 is 10.6 Å². The number of aliphatic hydroxyl groups is 1. The molecule has 2 amide bonds. The van der Waals surface area contributed by atoms with Crippen molar-refractivity contribution in [3.63, 3.8) is 0 Å². The number of nitriles is 1. The molecule has 0 saturated carbocycles. The first-order valence-corrected chi connectivity index (χ1v) is 7.91. The van der Waals surface area contributed by atoms with Gasteiger partial charge < -0.3 is 15.7 Å². The number of hydrogen-bond donors (Lipinski definition) is 3. The highest BCUT2D eigenvalue weighted by molar-refractivity contribution is 5.75. The number of urea groups is 1. The van der Waals surface area contributed by atoms with Crippen LogP contribution in [0.15, 0.2) is 48.5 Å². The van der Waals surface area contributed by atoms with E-state index in [1.807, 2.05) is 43.3 Å². The average Bonchev–Trinajstić information content (AvgIpc) is 2.90. The number of aliphatic hydroxyl groups excluding tert-OH is 1. The lowest BCUT2D eigenvalue weighted by Gasteiger charge is -2.21. The largest absolute Gasteiger partial charge is 0.390 e.